The van der Waals surface area contributed by atoms with Crippen LogP contribution < -0.4 is 4.90 Å². The van der Waals surface area contributed by atoms with E-state index in [1.807, 2.05) is 37.3 Å². The van der Waals surface area contributed by atoms with Crippen LogP contribution in [0.3, 0.4) is 0 Å². The van der Waals surface area contributed by atoms with Gasteiger partial charge in [0.05, 0.1) is 12.3 Å². The third-order valence-corrected chi connectivity index (χ3v) is 4.68. The second-order valence-corrected chi connectivity index (χ2v) is 6.54. The normalized spacial score (nSPS) is 19.7. The van der Waals surface area contributed by atoms with Gasteiger partial charge in [0.15, 0.2) is 0 Å². The molecular weight excluding hydrogens is 326 g/mol. The summed E-state index contributed by atoms with van der Waals surface area (Å²) >= 11 is 5.88. The minimum atomic E-state index is -0.848. The Morgan fingerprint density at radius 1 is 1.17 bits per heavy atom. The van der Waals surface area contributed by atoms with Crippen molar-refractivity contribution in [3.63, 3.8) is 0 Å². The predicted octanol–water partition coefficient (Wildman–Crippen LogP) is 3.88. The van der Waals surface area contributed by atoms with Crippen molar-refractivity contribution in [3.05, 3.63) is 64.7 Å². The highest BCUT2D eigenvalue weighted by Gasteiger charge is 2.36. The first kappa shape index (κ1) is 16.5. The Bertz CT molecular complexity index is 772. The Balaban J connectivity index is 1.91. The number of halogens is 1. The molecule has 1 heterocycles. The third kappa shape index (κ3) is 3.15. The molecule has 2 unspecified atom stereocenters. The van der Waals surface area contributed by atoms with Crippen LogP contribution >= 0.6 is 11.6 Å². The van der Waals surface area contributed by atoms with Gasteiger partial charge in [-0.15, -0.1) is 0 Å². The molecule has 2 aromatic carbocycles. The Kier molecular flexibility index (Phi) is 4.58. The highest BCUT2D eigenvalue weighted by molar-refractivity contribution is 6.30. The average molecular weight is 344 g/mol. The fraction of sp³-hybridized carbons (Fsp3) is 0.263. The minimum absolute atomic E-state index is 0.0406. The standard InChI is InChI=1S/C19H18ClNO3/c1-12-10-16(19(23)24)15-4-2-3-5-17(15)21(12)18(22)11-13-6-8-14(20)9-7-13/h2-9,12,16H,10-11H2,1H3,(H,23,24). The largest absolute Gasteiger partial charge is 0.481 e. The lowest BCUT2D eigenvalue weighted by atomic mass is 9.86. The van der Waals surface area contributed by atoms with Crippen LogP contribution in [0.5, 0.6) is 0 Å². The quantitative estimate of drug-likeness (QED) is 0.920. The van der Waals surface area contributed by atoms with Crippen LogP contribution in [0.4, 0.5) is 5.69 Å². The summed E-state index contributed by atoms with van der Waals surface area (Å²) in [5.74, 6) is -1.46. The minimum Gasteiger partial charge on any atom is -0.481 e. The van der Waals surface area contributed by atoms with Crippen LogP contribution in [-0.2, 0) is 16.0 Å². The van der Waals surface area contributed by atoms with Crippen LogP contribution in [0, 0.1) is 0 Å². The lowest BCUT2D eigenvalue weighted by Crippen LogP contribution is -2.45. The van der Waals surface area contributed by atoms with E-state index in [0.717, 1.165) is 5.56 Å². The van der Waals surface area contributed by atoms with Crippen molar-refractivity contribution in [2.45, 2.75) is 31.7 Å². The second kappa shape index (κ2) is 6.65. The zero-order valence-corrected chi connectivity index (χ0v) is 14.0. The van der Waals surface area contributed by atoms with Gasteiger partial charge in [0, 0.05) is 16.8 Å². The molecule has 24 heavy (non-hydrogen) atoms. The molecule has 1 N–H and O–H groups in total. The first-order chi connectivity index (χ1) is 11.5. The van der Waals surface area contributed by atoms with Crippen molar-refractivity contribution in [2.24, 2.45) is 0 Å². The van der Waals surface area contributed by atoms with Crippen LogP contribution in [0.15, 0.2) is 48.5 Å². The third-order valence-electron chi connectivity index (χ3n) is 4.42. The molecule has 0 bridgehead atoms. The topological polar surface area (TPSA) is 57.6 Å². The lowest BCUT2D eigenvalue weighted by Gasteiger charge is -2.38. The zero-order chi connectivity index (χ0) is 17.3. The number of benzene rings is 2. The second-order valence-electron chi connectivity index (χ2n) is 6.10. The van der Waals surface area contributed by atoms with Crippen LogP contribution in [0.2, 0.25) is 5.02 Å². The number of fused-ring (bicyclic) bond motifs is 1. The Labute approximate surface area is 145 Å². The predicted molar refractivity (Wildman–Crippen MR) is 93.5 cm³/mol. The van der Waals surface area contributed by atoms with Crippen molar-refractivity contribution in [1.29, 1.82) is 0 Å². The molecule has 2 atom stereocenters. The number of anilines is 1. The van der Waals surface area contributed by atoms with Crippen molar-refractivity contribution < 1.29 is 14.7 Å². The maximum absolute atomic E-state index is 12.8. The Hall–Kier alpha value is -2.33. The maximum Gasteiger partial charge on any atom is 0.311 e. The first-order valence-electron chi connectivity index (χ1n) is 7.85. The molecule has 1 aliphatic heterocycles. The molecular formula is C19H18ClNO3. The molecule has 0 saturated heterocycles. The van der Waals surface area contributed by atoms with Crippen molar-refractivity contribution in [2.75, 3.05) is 4.90 Å². The summed E-state index contributed by atoms with van der Waals surface area (Å²) in [7, 11) is 0. The van der Waals surface area contributed by atoms with Gasteiger partial charge < -0.3 is 10.0 Å². The summed E-state index contributed by atoms with van der Waals surface area (Å²) in [6, 6.07) is 14.3. The van der Waals surface area contributed by atoms with Gasteiger partial charge in [-0.05, 0) is 42.7 Å². The van der Waals surface area contributed by atoms with Gasteiger partial charge in [-0.3, -0.25) is 9.59 Å². The fourth-order valence-electron chi connectivity index (χ4n) is 3.29. The first-order valence-corrected chi connectivity index (χ1v) is 8.23. The molecule has 4 nitrogen and oxygen atoms in total. The van der Waals surface area contributed by atoms with Gasteiger partial charge in [0.1, 0.15) is 0 Å². The Morgan fingerprint density at radius 2 is 1.83 bits per heavy atom. The summed E-state index contributed by atoms with van der Waals surface area (Å²) in [4.78, 5) is 26.1. The van der Waals surface area contributed by atoms with E-state index in [4.69, 9.17) is 11.6 Å². The maximum atomic E-state index is 12.8. The molecule has 1 amide bonds. The molecule has 124 valence electrons. The molecule has 3 rings (SSSR count). The Morgan fingerprint density at radius 3 is 2.50 bits per heavy atom. The van der Waals surface area contributed by atoms with Crippen LogP contribution in [0.1, 0.15) is 30.4 Å². The molecule has 5 heteroatoms. The van der Waals surface area contributed by atoms with E-state index >= 15 is 0 Å². The molecule has 0 aromatic heterocycles. The number of carbonyl (C=O) groups excluding carboxylic acids is 1. The zero-order valence-electron chi connectivity index (χ0n) is 13.3. The van der Waals surface area contributed by atoms with E-state index < -0.39 is 11.9 Å². The highest BCUT2D eigenvalue weighted by atomic mass is 35.5. The number of hydrogen-bond donors (Lipinski definition) is 1. The number of nitrogens with zero attached hydrogens (tertiary/aromatic N) is 1. The number of amides is 1. The molecule has 0 aliphatic carbocycles. The van der Waals surface area contributed by atoms with Crippen LogP contribution in [0.25, 0.3) is 0 Å². The van der Waals surface area contributed by atoms with Gasteiger partial charge in [0.2, 0.25) is 5.91 Å². The smallest absolute Gasteiger partial charge is 0.311 e. The monoisotopic (exact) mass is 343 g/mol. The molecule has 0 fully saturated rings. The number of carboxylic acid groups (broad SMARTS) is 1. The SMILES string of the molecule is CC1CC(C(=O)O)c2ccccc2N1C(=O)Cc1ccc(Cl)cc1. The fourth-order valence-corrected chi connectivity index (χ4v) is 3.41. The van der Waals surface area contributed by atoms with Gasteiger partial charge >= 0.3 is 5.97 Å². The molecule has 0 radical (unpaired) electrons. The van der Waals surface area contributed by atoms with Gasteiger partial charge in [-0.1, -0.05) is 41.9 Å². The summed E-state index contributed by atoms with van der Waals surface area (Å²) in [5.41, 5.74) is 2.28. The number of carbonyl (C=O) groups is 2. The van der Waals surface area contributed by atoms with Gasteiger partial charge in [0.25, 0.3) is 0 Å². The van der Waals surface area contributed by atoms with Gasteiger partial charge in [-0.2, -0.15) is 0 Å². The average Bonchev–Trinajstić information content (AvgIpc) is 2.56. The summed E-state index contributed by atoms with van der Waals surface area (Å²) in [6.07, 6.45) is 0.673. The molecule has 2 aromatic rings. The van der Waals surface area contributed by atoms with E-state index in [2.05, 4.69) is 0 Å². The summed E-state index contributed by atoms with van der Waals surface area (Å²) < 4.78 is 0. The van der Waals surface area contributed by atoms with E-state index in [9.17, 15) is 14.7 Å². The van der Waals surface area contributed by atoms with Crippen molar-refractivity contribution >= 4 is 29.2 Å². The lowest BCUT2D eigenvalue weighted by molar-refractivity contribution is -0.139. The van der Waals surface area contributed by atoms with E-state index in [1.54, 1.807) is 23.1 Å². The number of hydrogen-bond acceptors (Lipinski definition) is 2. The van der Waals surface area contributed by atoms with Gasteiger partial charge in [-0.25, -0.2) is 0 Å². The number of aliphatic carboxylic acids is 1. The van der Waals surface area contributed by atoms with E-state index in [1.165, 1.54) is 0 Å². The van der Waals surface area contributed by atoms with Crippen molar-refractivity contribution in [3.8, 4) is 0 Å². The highest BCUT2D eigenvalue weighted by Crippen LogP contribution is 2.38. The molecule has 1 aliphatic rings. The van der Waals surface area contributed by atoms with E-state index in [0.29, 0.717) is 22.7 Å². The number of rotatable bonds is 3. The van der Waals surface area contributed by atoms with Crippen LogP contribution in [-0.4, -0.2) is 23.0 Å². The number of para-hydroxylation sites is 1. The molecule has 0 spiro atoms. The number of carboxylic acids is 1. The van der Waals surface area contributed by atoms with Crippen molar-refractivity contribution in [1.82, 2.24) is 0 Å². The summed E-state index contributed by atoms with van der Waals surface area (Å²) in [6.45, 7) is 1.89. The van der Waals surface area contributed by atoms with E-state index in [-0.39, 0.29) is 18.4 Å². The molecule has 0 saturated carbocycles. The summed E-state index contributed by atoms with van der Waals surface area (Å²) in [5, 5.41) is 10.1.